The number of nitrogens with zero attached hydrogens (tertiary/aromatic N) is 2. The van der Waals surface area contributed by atoms with E-state index in [4.69, 9.17) is 9.26 Å². The first kappa shape index (κ1) is 17.0. The fourth-order valence-corrected chi connectivity index (χ4v) is 2.06. The summed E-state index contributed by atoms with van der Waals surface area (Å²) in [4.78, 5) is 4.32. The van der Waals surface area contributed by atoms with Gasteiger partial charge in [-0.05, 0) is 19.9 Å². The number of halogens is 2. The number of ether oxygens (including phenoxy) is 1. The van der Waals surface area contributed by atoms with Gasteiger partial charge in [-0.3, -0.25) is 0 Å². The highest BCUT2D eigenvalue weighted by atomic mass is 19.3. The summed E-state index contributed by atoms with van der Waals surface area (Å²) in [5.74, 6) is 1.24. The lowest BCUT2D eigenvalue weighted by molar-refractivity contribution is 0.0182. The number of likely N-dealkylation sites (N-methyl/N-ethyl adjacent to an activating group) is 1. The largest absolute Gasteiger partial charge is 0.375 e. The van der Waals surface area contributed by atoms with Crippen molar-refractivity contribution in [1.82, 2.24) is 15.5 Å². The van der Waals surface area contributed by atoms with Gasteiger partial charge in [-0.25, -0.2) is 8.78 Å². The monoisotopic (exact) mass is 291 g/mol. The molecule has 2 atom stereocenters. The lowest BCUT2D eigenvalue weighted by Crippen LogP contribution is -2.31. The molecule has 0 spiro atoms. The molecular formula is C13H23F2N3O2. The number of hydrogen-bond acceptors (Lipinski definition) is 5. The second-order valence-corrected chi connectivity index (χ2v) is 4.63. The predicted molar refractivity (Wildman–Crippen MR) is 71.0 cm³/mol. The molecule has 1 aromatic heterocycles. The average Bonchev–Trinajstić information content (AvgIpc) is 2.84. The standard InChI is InChI=1S/C13H23F2N3O2/c1-4-10(9(3)16-5-2)13-17-12(18-20-13)6-7-19-8-11(14)15/h9-11,16H,4-8H2,1-3H3. The Hall–Kier alpha value is -1.08. The highest BCUT2D eigenvalue weighted by Gasteiger charge is 2.22. The Morgan fingerprint density at radius 2 is 2.10 bits per heavy atom. The molecule has 1 N–H and O–H groups in total. The van der Waals surface area contributed by atoms with Crippen molar-refractivity contribution >= 4 is 0 Å². The molecule has 0 fully saturated rings. The number of rotatable bonds is 10. The molecule has 0 saturated carbocycles. The molecule has 5 nitrogen and oxygen atoms in total. The van der Waals surface area contributed by atoms with Crippen LogP contribution in [0.2, 0.25) is 0 Å². The minimum atomic E-state index is -2.44. The van der Waals surface area contributed by atoms with Gasteiger partial charge in [0.05, 0.1) is 12.5 Å². The van der Waals surface area contributed by atoms with Gasteiger partial charge in [0.2, 0.25) is 5.89 Å². The quantitative estimate of drug-likeness (QED) is 0.671. The Balaban J connectivity index is 2.48. The summed E-state index contributed by atoms with van der Waals surface area (Å²) in [5, 5.41) is 7.20. The van der Waals surface area contributed by atoms with E-state index < -0.39 is 13.0 Å². The molecule has 0 radical (unpaired) electrons. The zero-order chi connectivity index (χ0) is 15.0. The van der Waals surface area contributed by atoms with Gasteiger partial charge >= 0.3 is 0 Å². The summed E-state index contributed by atoms with van der Waals surface area (Å²) >= 11 is 0. The molecule has 20 heavy (non-hydrogen) atoms. The molecule has 0 bridgehead atoms. The second-order valence-electron chi connectivity index (χ2n) is 4.63. The molecule has 0 aliphatic carbocycles. The summed E-state index contributed by atoms with van der Waals surface area (Å²) in [6.45, 7) is 6.67. The van der Waals surface area contributed by atoms with Crippen molar-refractivity contribution in [2.75, 3.05) is 19.8 Å². The zero-order valence-electron chi connectivity index (χ0n) is 12.2. The maximum absolute atomic E-state index is 11.9. The second kappa shape index (κ2) is 8.97. The summed E-state index contributed by atoms with van der Waals surface area (Å²) in [6.07, 6.45) is -1.18. The third-order valence-corrected chi connectivity index (χ3v) is 3.08. The van der Waals surface area contributed by atoms with Crippen molar-refractivity contribution in [2.24, 2.45) is 0 Å². The molecule has 1 aromatic rings. The minimum absolute atomic E-state index is 0.151. The maximum Gasteiger partial charge on any atom is 0.261 e. The highest BCUT2D eigenvalue weighted by molar-refractivity contribution is 4.98. The van der Waals surface area contributed by atoms with E-state index in [1.54, 1.807) is 0 Å². The van der Waals surface area contributed by atoms with E-state index >= 15 is 0 Å². The smallest absolute Gasteiger partial charge is 0.261 e. The van der Waals surface area contributed by atoms with Gasteiger partial charge in [0, 0.05) is 12.5 Å². The highest BCUT2D eigenvalue weighted by Crippen LogP contribution is 2.21. The van der Waals surface area contributed by atoms with E-state index in [1.165, 1.54) is 0 Å². The maximum atomic E-state index is 11.9. The van der Waals surface area contributed by atoms with Crippen LogP contribution in [0.4, 0.5) is 8.78 Å². The van der Waals surface area contributed by atoms with Crippen molar-refractivity contribution in [2.45, 2.75) is 52.0 Å². The first-order valence-corrected chi connectivity index (χ1v) is 7.00. The summed E-state index contributed by atoms with van der Waals surface area (Å²) in [7, 11) is 0. The van der Waals surface area contributed by atoms with Gasteiger partial charge in [0.25, 0.3) is 6.43 Å². The molecule has 0 amide bonds. The molecular weight excluding hydrogens is 268 g/mol. The van der Waals surface area contributed by atoms with Crippen molar-refractivity contribution in [1.29, 1.82) is 0 Å². The Morgan fingerprint density at radius 3 is 2.70 bits per heavy atom. The van der Waals surface area contributed by atoms with E-state index in [-0.39, 0.29) is 18.6 Å². The fourth-order valence-electron chi connectivity index (χ4n) is 2.06. The molecule has 7 heteroatoms. The molecule has 0 aliphatic heterocycles. The van der Waals surface area contributed by atoms with Crippen molar-refractivity contribution in [3.63, 3.8) is 0 Å². The first-order valence-electron chi connectivity index (χ1n) is 7.00. The first-order chi connectivity index (χ1) is 9.58. The van der Waals surface area contributed by atoms with Crippen LogP contribution in [-0.2, 0) is 11.2 Å². The van der Waals surface area contributed by atoms with E-state index in [2.05, 4.69) is 29.3 Å². The van der Waals surface area contributed by atoms with Crippen LogP contribution in [0.15, 0.2) is 4.52 Å². The van der Waals surface area contributed by atoms with Crippen LogP contribution in [-0.4, -0.2) is 42.4 Å². The molecule has 0 saturated heterocycles. The van der Waals surface area contributed by atoms with E-state index in [9.17, 15) is 8.78 Å². The van der Waals surface area contributed by atoms with Crippen LogP contribution in [0.5, 0.6) is 0 Å². The Labute approximate surface area is 118 Å². The van der Waals surface area contributed by atoms with Crippen molar-refractivity contribution < 1.29 is 18.0 Å². The average molecular weight is 291 g/mol. The number of aromatic nitrogens is 2. The molecule has 1 rings (SSSR count). The Kier molecular flexibility index (Phi) is 7.61. The van der Waals surface area contributed by atoms with E-state index in [1.807, 2.05) is 6.92 Å². The van der Waals surface area contributed by atoms with Gasteiger partial charge < -0.3 is 14.6 Å². The summed E-state index contributed by atoms with van der Waals surface area (Å²) < 4.78 is 33.8. The van der Waals surface area contributed by atoms with Crippen molar-refractivity contribution in [3.05, 3.63) is 11.7 Å². The minimum Gasteiger partial charge on any atom is -0.375 e. The molecule has 2 unspecified atom stereocenters. The normalized spacial score (nSPS) is 14.7. The lowest BCUT2D eigenvalue weighted by atomic mass is 9.98. The molecule has 0 aromatic carbocycles. The number of nitrogens with one attached hydrogen (secondary N) is 1. The lowest BCUT2D eigenvalue weighted by Gasteiger charge is -2.19. The molecule has 1 heterocycles. The van der Waals surface area contributed by atoms with Crippen molar-refractivity contribution in [3.8, 4) is 0 Å². The van der Waals surface area contributed by atoms with Crippen LogP contribution in [0.3, 0.4) is 0 Å². The number of hydrogen-bond donors (Lipinski definition) is 1. The summed E-state index contributed by atoms with van der Waals surface area (Å²) in [5.41, 5.74) is 0. The third kappa shape index (κ3) is 5.50. The van der Waals surface area contributed by atoms with Crippen LogP contribution >= 0.6 is 0 Å². The van der Waals surface area contributed by atoms with Crippen LogP contribution in [0.1, 0.15) is 44.8 Å². The van der Waals surface area contributed by atoms with Gasteiger partial charge in [0.1, 0.15) is 6.61 Å². The Bertz CT molecular complexity index is 374. The van der Waals surface area contributed by atoms with E-state index in [0.29, 0.717) is 18.1 Å². The summed E-state index contributed by atoms with van der Waals surface area (Å²) in [6, 6.07) is 0.244. The third-order valence-electron chi connectivity index (χ3n) is 3.08. The Morgan fingerprint density at radius 1 is 1.35 bits per heavy atom. The van der Waals surface area contributed by atoms with Crippen LogP contribution < -0.4 is 5.32 Å². The van der Waals surface area contributed by atoms with Gasteiger partial charge in [-0.15, -0.1) is 0 Å². The van der Waals surface area contributed by atoms with Crippen LogP contribution in [0.25, 0.3) is 0 Å². The topological polar surface area (TPSA) is 60.2 Å². The number of alkyl halides is 2. The van der Waals surface area contributed by atoms with Gasteiger partial charge in [-0.2, -0.15) is 4.98 Å². The molecule has 0 aliphatic rings. The van der Waals surface area contributed by atoms with Gasteiger partial charge in [0.15, 0.2) is 5.82 Å². The predicted octanol–water partition coefficient (Wildman–Crippen LogP) is 2.39. The fraction of sp³-hybridized carbons (Fsp3) is 0.846. The van der Waals surface area contributed by atoms with E-state index in [0.717, 1.165) is 13.0 Å². The van der Waals surface area contributed by atoms with Gasteiger partial charge in [-0.1, -0.05) is 19.0 Å². The zero-order valence-corrected chi connectivity index (χ0v) is 12.2. The van der Waals surface area contributed by atoms with Crippen LogP contribution in [0, 0.1) is 0 Å². The SMILES string of the molecule is CCNC(C)C(CC)c1nc(CCOCC(F)F)no1. The molecule has 116 valence electrons.